The van der Waals surface area contributed by atoms with E-state index in [1.807, 2.05) is 6.07 Å². The van der Waals surface area contributed by atoms with Gasteiger partial charge in [-0.25, -0.2) is 4.79 Å². The van der Waals surface area contributed by atoms with E-state index in [9.17, 15) is 24.5 Å². The molecule has 2 amide bonds. The normalized spacial score (nSPS) is 15.1. The predicted molar refractivity (Wildman–Crippen MR) is 104 cm³/mol. The number of carbonyl (C=O) groups is 3. The number of fused-ring (bicyclic) bond motifs is 1. The second kappa shape index (κ2) is 8.82. The Morgan fingerprint density at radius 3 is 2.66 bits per heavy atom. The summed E-state index contributed by atoms with van der Waals surface area (Å²) in [6.45, 7) is 1.63. The number of nitro groups is 1. The van der Waals surface area contributed by atoms with E-state index < -0.39 is 29.3 Å². The van der Waals surface area contributed by atoms with E-state index in [2.05, 4.69) is 17.8 Å². The van der Waals surface area contributed by atoms with Crippen molar-refractivity contribution in [1.82, 2.24) is 10.9 Å². The first-order chi connectivity index (χ1) is 13.8. The molecular weight excluding hydrogens is 398 g/mol. The van der Waals surface area contributed by atoms with Crippen molar-refractivity contribution in [2.75, 3.05) is 6.61 Å². The summed E-state index contributed by atoms with van der Waals surface area (Å²) in [5.41, 5.74) is 5.44. The molecule has 1 aliphatic rings. The third kappa shape index (κ3) is 5.17. The van der Waals surface area contributed by atoms with Crippen LogP contribution >= 0.6 is 11.3 Å². The van der Waals surface area contributed by atoms with Crippen LogP contribution in [0.4, 0.5) is 5.69 Å². The number of benzene rings is 1. The maximum atomic E-state index is 12.2. The molecule has 0 spiro atoms. The van der Waals surface area contributed by atoms with Crippen molar-refractivity contribution in [2.24, 2.45) is 5.92 Å². The van der Waals surface area contributed by atoms with Gasteiger partial charge in [-0.15, -0.1) is 11.3 Å². The lowest BCUT2D eigenvalue weighted by molar-refractivity contribution is -0.384. The summed E-state index contributed by atoms with van der Waals surface area (Å²) in [5, 5.41) is 10.6. The number of thiophene rings is 1. The van der Waals surface area contributed by atoms with Gasteiger partial charge in [0.2, 0.25) is 0 Å². The number of nitrogens with zero attached hydrogens (tertiary/aromatic N) is 1. The van der Waals surface area contributed by atoms with Gasteiger partial charge in [-0.1, -0.05) is 6.92 Å². The van der Waals surface area contributed by atoms with Crippen LogP contribution in [0.15, 0.2) is 30.3 Å². The Hall–Kier alpha value is -3.27. The van der Waals surface area contributed by atoms with Gasteiger partial charge in [0, 0.05) is 22.6 Å². The Kier molecular flexibility index (Phi) is 6.23. The Labute approximate surface area is 170 Å². The van der Waals surface area contributed by atoms with E-state index in [1.54, 1.807) is 0 Å². The fraction of sp³-hybridized carbons (Fsp3) is 0.316. The van der Waals surface area contributed by atoms with Crippen LogP contribution in [0.25, 0.3) is 0 Å². The Morgan fingerprint density at radius 1 is 1.24 bits per heavy atom. The van der Waals surface area contributed by atoms with E-state index in [0.29, 0.717) is 10.8 Å². The number of esters is 1. The zero-order valence-corrected chi connectivity index (χ0v) is 16.4. The van der Waals surface area contributed by atoms with Gasteiger partial charge in [0.25, 0.3) is 17.5 Å². The first-order valence-electron chi connectivity index (χ1n) is 8.96. The minimum atomic E-state index is -0.705. The van der Waals surface area contributed by atoms with Gasteiger partial charge in [0.1, 0.15) is 4.88 Å². The van der Waals surface area contributed by atoms with Crippen LogP contribution < -0.4 is 10.9 Å². The number of non-ortho nitro benzene ring substituents is 1. The molecule has 1 aliphatic carbocycles. The molecule has 1 aromatic heterocycles. The van der Waals surface area contributed by atoms with Gasteiger partial charge < -0.3 is 4.74 Å². The molecule has 0 saturated heterocycles. The monoisotopic (exact) mass is 417 g/mol. The van der Waals surface area contributed by atoms with Gasteiger partial charge in [0.05, 0.1) is 4.92 Å². The zero-order valence-electron chi connectivity index (χ0n) is 15.6. The van der Waals surface area contributed by atoms with E-state index in [1.165, 1.54) is 46.0 Å². The summed E-state index contributed by atoms with van der Waals surface area (Å²) in [6, 6.07) is 6.71. The average molecular weight is 417 g/mol. The highest BCUT2D eigenvalue weighted by molar-refractivity contribution is 7.14. The summed E-state index contributed by atoms with van der Waals surface area (Å²) in [7, 11) is 0. The van der Waals surface area contributed by atoms with Crippen molar-refractivity contribution < 1.29 is 24.0 Å². The topological polar surface area (TPSA) is 128 Å². The van der Waals surface area contributed by atoms with Crippen LogP contribution in [-0.4, -0.2) is 29.3 Å². The molecule has 0 saturated carbocycles. The van der Waals surface area contributed by atoms with Gasteiger partial charge in [-0.3, -0.25) is 30.6 Å². The molecule has 9 nitrogen and oxygen atoms in total. The predicted octanol–water partition coefficient (Wildman–Crippen LogP) is 2.40. The number of carbonyl (C=O) groups excluding carboxylic acids is 3. The number of hydrogen-bond acceptors (Lipinski definition) is 7. The summed E-state index contributed by atoms with van der Waals surface area (Å²) < 4.78 is 5.01. The van der Waals surface area contributed by atoms with Crippen LogP contribution in [0, 0.1) is 16.0 Å². The van der Waals surface area contributed by atoms with E-state index >= 15 is 0 Å². The summed E-state index contributed by atoms with van der Waals surface area (Å²) in [5.74, 6) is -1.34. The minimum Gasteiger partial charge on any atom is -0.451 e. The van der Waals surface area contributed by atoms with Crippen molar-refractivity contribution in [1.29, 1.82) is 0 Å². The van der Waals surface area contributed by atoms with Crippen LogP contribution in [-0.2, 0) is 22.4 Å². The molecular formula is C19H19N3O6S. The molecule has 1 heterocycles. The maximum Gasteiger partial charge on any atom is 0.348 e. The van der Waals surface area contributed by atoms with Gasteiger partial charge >= 0.3 is 5.97 Å². The van der Waals surface area contributed by atoms with Crippen LogP contribution in [0.3, 0.4) is 0 Å². The van der Waals surface area contributed by atoms with Gasteiger partial charge in [-0.2, -0.15) is 0 Å². The quantitative estimate of drug-likeness (QED) is 0.437. The molecule has 29 heavy (non-hydrogen) atoms. The third-order valence-electron chi connectivity index (χ3n) is 4.52. The van der Waals surface area contributed by atoms with E-state index in [4.69, 9.17) is 4.74 Å². The zero-order chi connectivity index (χ0) is 21.0. The lowest BCUT2D eigenvalue weighted by Crippen LogP contribution is -2.43. The lowest BCUT2D eigenvalue weighted by Gasteiger charge is -2.16. The molecule has 10 heteroatoms. The van der Waals surface area contributed by atoms with E-state index in [-0.39, 0.29) is 11.3 Å². The van der Waals surface area contributed by atoms with Crippen LogP contribution in [0.1, 0.15) is 43.8 Å². The molecule has 1 aromatic carbocycles. The van der Waals surface area contributed by atoms with Crippen LogP contribution in [0.5, 0.6) is 0 Å². The molecule has 0 fully saturated rings. The summed E-state index contributed by atoms with van der Waals surface area (Å²) in [6.07, 6.45) is 2.98. The molecule has 152 valence electrons. The Balaban J connectivity index is 1.45. The van der Waals surface area contributed by atoms with Crippen molar-refractivity contribution in [2.45, 2.75) is 26.2 Å². The number of hydrazine groups is 1. The summed E-state index contributed by atoms with van der Waals surface area (Å²) >= 11 is 1.39. The van der Waals surface area contributed by atoms with E-state index in [0.717, 1.165) is 19.3 Å². The van der Waals surface area contributed by atoms with Gasteiger partial charge in [-0.05, 0) is 48.9 Å². The molecule has 2 N–H and O–H groups in total. The lowest BCUT2D eigenvalue weighted by atomic mass is 9.90. The van der Waals surface area contributed by atoms with Crippen molar-refractivity contribution in [3.8, 4) is 0 Å². The highest BCUT2D eigenvalue weighted by Crippen LogP contribution is 2.32. The number of nitro benzene ring substituents is 1. The van der Waals surface area contributed by atoms with Crippen molar-refractivity contribution >= 4 is 34.8 Å². The first kappa shape index (κ1) is 20.5. The number of rotatable bonds is 5. The number of ether oxygens (including phenoxy) is 1. The third-order valence-corrected chi connectivity index (χ3v) is 5.74. The molecule has 0 unspecified atom stereocenters. The molecule has 0 bridgehead atoms. The second-order valence-electron chi connectivity index (χ2n) is 6.79. The number of aryl methyl sites for hydroxylation is 1. The molecule has 3 rings (SSSR count). The Morgan fingerprint density at radius 2 is 1.97 bits per heavy atom. The molecule has 0 aliphatic heterocycles. The number of hydrogen-bond donors (Lipinski definition) is 2. The second-order valence-corrected chi connectivity index (χ2v) is 7.93. The van der Waals surface area contributed by atoms with Gasteiger partial charge in [0.15, 0.2) is 6.61 Å². The summed E-state index contributed by atoms with van der Waals surface area (Å²) in [4.78, 5) is 47.6. The molecule has 2 aromatic rings. The van der Waals surface area contributed by atoms with Crippen LogP contribution in [0.2, 0.25) is 0 Å². The number of nitrogens with one attached hydrogen (secondary N) is 2. The highest BCUT2D eigenvalue weighted by Gasteiger charge is 2.22. The smallest absolute Gasteiger partial charge is 0.348 e. The fourth-order valence-electron chi connectivity index (χ4n) is 2.98. The minimum absolute atomic E-state index is 0.131. The maximum absolute atomic E-state index is 12.2. The number of amides is 2. The SMILES string of the molecule is C[C@H]1CCc2sc(C(=O)OCC(=O)NNC(=O)c3ccc([N+](=O)[O-])cc3)cc2C1. The standard InChI is InChI=1S/C19H19N3O6S/c1-11-2-7-15-13(8-11)9-16(29-15)19(25)28-10-17(23)20-21-18(24)12-3-5-14(6-4-12)22(26)27/h3-6,9,11H,2,7-8,10H2,1H3,(H,20,23)(H,21,24)/t11-/m0/s1. The Bertz CT molecular complexity index is 953. The molecule has 1 atom stereocenters. The largest absolute Gasteiger partial charge is 0.451 e. The fourth-order valence-corrected chi connectivity index (χ4v) is 4.08. The van der Waals surface area contributed by atoms with Crippen molar-refractivity contribution in [3.63, 3.8) is 0 Å². The highest BCUT2D eigenvalue weighted by atomic mass is 32.1. The molecule has 0 radical (unpaired) electrons. The first-order valence-corrected chi connectivity index (χ1v) is 9.77. The average Bonchev–Trinajstić information content (AvgIpc) is 3.13. The van der Waals surface area contributed by atoms with Crippen molar-refractivity contribution in [3.05, 3.63) is 61.3 Å².